The summed E-state index contributed by atoms with van der Waals surface area (Å²) in [7, 11) is 0. The monoisotopic (exact) mass is 414 g/mol. The standard InChI is InChI=1S/C26H26N2O3/c27-24(29)17-31-21-15-13-20(14-16-21)26(30)28-25(19-8-2-1-3-9-19)23-12-6-10-18-7-4-5-11-22(18)23/h1-5,7-9,11,13-16,23,25H,6,10,12,17H2,(H2,27,29)(H,28,30)/t23-,25+/m1/s1. The number of benzene rings is 3. The number of rotatable bonds is 7. The zero-order chi connectivity index (χ0) is 21.6. The molecule has 5 nitrogen and oxygen atoms in total. The number of nitrogens with one attached hydrogen (secondary N) is 1. The van der Waals surface area contributed by atoms with Crippen molar-refractivity contribution in [3.8, 4) is 5.75 Å². The second-order valence-corrected chi connectivity index (χ2v) is 7.84. The van der Waals surface area contributed by atoms with E-state index in [1.165, 1.54) is 11.1 Å². The van der Waals surface area contributed by atoms with Crippen LogP contribution in [0.3, 0.4) is 0 Å². The van der Waals surface area contributed by atoms with E-state index >= 15 is 0 Å². The Labute approximate surface area is 182 Å². The van der Waals surface area contributed by atoms with E-state index in [4.69, 9.17) is 10.5 Å². The smallest absolute Gasteiger partial charge is 0.255 e. The summed E-state index contributed by atoms with van der Waals surface area (Å²) in [4.78, 5) is 24.0. The lowest BCUT2D eigenvalue weighted by Gasteiger charge is -2.33. The van der Waals surface area contributed by atoms with Crippen LogP contribution in [0.25, 0.3) is 0 Å². The minimum Gasteiger partial charge on any atom is -0.484 e. The SMILES string of the molecule is NC(=O)COc1ccc(C(=O)N[C@@H](c2ccccc2)[C@@H]2CCCc3ccccc32)cc1. The third-order valence-corrected chi connectivity index (χ3v) is 5.76. The maximum Gasteiger partial charge on any atom is 0.255 e. The average molecular weight is 415 g/mol. The molecule has 0 aliphatic heterocycles. The van der Waals surface area contributed by atoms with Crippen molar-refractivity contribution in [2.75, 3.05) is 6.61 Å². The van der Waals surface area contributed by atoms with E-state index in [9.17, 15) is 9.59 Å². The Bertz CT molecular complexity index is 1050. The van der Waals surface area contributed by atoms with E-state index in [0.29, 0.717) is 11.3 Å². The number of ether oxygens (including phenoxy) is 1. The number of carbonyl (C=O) groups is 2. The van der Waals surface area contributed by atoms with Gasteiger partial charge in [0.05, 0.1) is 6.04 Å². The molecule has 3 aromatic carbocycles. The molecule has 0 fully saturated rings. The van der Waals surface area contributed by atoms with Gasteiger partial charge in [-0.15, -0.1) is 0 Å². The van der Waals surface area contributed by atoms with Gasteiger partial charge in [0.1, 0.15) is 5.75 Å². The van der Waals surface area contributed by atoms with Crippen molar-refractivity contribution >= 4 is 11.8 Å². The van der Waals surface area contributed by atoms with Gasteiger partial charge >= 0.3 is 0 Å². The summed E-state index contributed by atoms with van der Waals surface area (Å²) in [6.07, 6.45) is 3.21. The quantitative estimate of drug-likeness (QED) is 0.610. The molecule has 1 aliphatic rings. The van der Waals surface area contributed by atoms with E-state index in [1.807, 2.05) is 18.2 Å². The molecule has 0 aromatic heterocycles. The van der Waals surface area contributed by atoms with Crippen LogP contribution in [0.5, 0.6) is 5.75 Å². The van der Waals surface area contributed by atoms with Gasteiger partial charge in [0, 0.05) is 11.5 Å². The molecular formula is C26H26N2O3. The van der Waals surface area contributed by atoms with E-state index in [2.05, 4.69) is 41.7 Å². The van der Waals surface area contributed by atoms with Gasteiger partial charge in [0.2, 0.25) is 0 Å². The Morgan fingerprint density at radius 2 is 1.68 bits per heavy atom. The number of primary amides is 1. The number of fused-ring (bicyclic) bond motifs is 1. The molecule has 0 spiro atoms. The lowest BCUT2D eigenvalue weighted by atomic mass is 9.76. The molecule has 4 rings (SSSR count). The van der Waals surface area contributed by atoms with Gasteiger partial charge in [-0.2, -0.15) is 0 Å². The first-order valence-corrected chi connectivity index (χ1v) is 10.6. The number of amides is 2. The number of carbonyl (C=O) groups excluding carboxylic acids is 2. The van der Waals surface area contributed by atoms with Crippen LogP contribution in [0.2, 0.25) is 0 Å². The fourth-order valence-corrected chi connectivity index (χ4v) is 4.30. The molecule has 3 N–H and O–H groups in total. The van der Waals surface area contributed by atoms with Crippen molar-refractivity contribution in [1.82, 2.24) is 5.32 Å². The first-order chi connectivity index (χ1) is 15.1. The molecule has 0 saturated carbocycles. The topological polar surface area (TPSA) is 81.4 Å². The van der Waals surface area contributed by atoms with Gasteiger partial charge in [-0.25, -0.2) is 0 Å². The second kappa shape index (κ2) is 9.47. The van der Waals surface area contributed by atoms with E-state index < -0.39 is 5.91 Å². The highest BCUT2D eigenvalue weighted by Crippen LogP contribution is 2.40. The zero-order valence-electron chi connectivity index (χ0n) is 17.3. The summed E-state index contributed by atoms with van der Waals surface area (Å²) in [5, 5.41) is 3.28. The summed E-state index contributed by atoms with van der Waals surface area (Å²) in [5.41, 5.74) is 9.42. The largest absolute Gasteiger partial charge is 0.484 e. The molecule has 0 unspecified atom stereocenters. The minimum atomic E-state index is -0.541. The van der Waals surface area contributed by atoms with Gasteiger partial charge in [0.25, 0.3) is 11.8 Å². The summed E-state index contributed by atoms with van der Waals surface area (Å²) in [6.45, 7) is -0.192. The van der Waals surface area contributed by atoms with E-state index in [-0.39, 0.29) is 24.5 Å². The third-order valence-electron chi connectivity index (χ3n) is 5.76. The van der Waals surface area contributed by atoms with Gasteiger partial charge < -0.3 is 15.8 Å². The van der Waals surface area contributed by atoms with Gasteiger partial charge in [0.15, 0.2) is 6.61 Å². The summed E-state index contributed by atoms with van der Waals surface area (Å²) in [6, 6.07) is 25.3. The van der Waals surface area contributed by atoms with E-state index in [1.54, 1.807) is 24.3 Å². The maximum atomic E-state index is 13.1. The molecule has 5 heteroatoms. The molecule has 0 heterocycles. The maximum absolute atomic E-state index is 13.1. The van der Waals surface area contributed by atoms with Crippen LogP contribution in [0.15, 0.2) is 78.9 Å². The van der Waals surface area contributed by atoms with Crippen molar-refractivity contribution in [3.05, 3.63) is 101 Å². The third kappa shape index (κ3) is 4.94. The first-order valence-electron chi connectivity index (χ1n) is 10.6. The van der Waals surface area contributed by atoms with Crippen molar-refractivity contribution in [2.24, 2.45) is 5.73 Å². The molecule has 0 bridgehead atoms. The molecule has 0 radical (unpaired) electrons. The zero-order valence-corrected chi connectivity index (χ0v) is 17.3. The molecule has 2 atom stereocenters. The summed E-state index contributed by atoms with van der Waals surface area (Å²) < 4.78 is 5.28. The molecule has 0 saturated heterocycles. The number of hydrogen-bond donors (Lipinski definition) is 2. The molecular weight excluding hydrogens is 388 g/mol. The van der Waals surface area contributed by atoms with Crippen LogP contribution in [0.1, 0.15) is 51.8 Å². The number of hydrogen-bond acceptors (Lipinski definition) is 3. The Kier molecular flexibility index (Phi) is 6.32. The average Bonchev–Trinajstić information content (AvgIpc) is 2.81. The van der Waals surface area contributed by atoms with Crippen LogP contribution in [-0.4, -0.2) is 18.4 Å². The van der Waals surface area contributed by atoms with Crippen molar-refractivity contribution < 1.29 is 14.3 Å². The predicted octanol–water partition coefficient (Wildman–Crippen LogP) is 4.14. The highest BCUT2D eigenvalue weighted by molar-refractivity contribution is 5.94. The first kappa shape index (κ1) is 20.7. The number of nitrogens with two attached hydrogens (primary N) is 1. The molecule has 3 aromatic rings. The Hall–Kier alpha value is -3.60. The lowest BCUT2D eigenvalue weighted by Crippen LogP contribution is -2.34. The van der Waals surface area contributed by atoms with Gasteiger partial charge in [-0.3, -0.25) is 9.59 Å². The normalized spacial score (nSPS) is 16.1. The van der Waals surface area contributed by atoms with Crippen molar-refractivity contribution in [2.45, 2.75) is 31.2 Å². The van der Waals surface area contributed by atoms with Crippen LogP contribution < -0.4 is 15.8 Å². The molecule has 2 amide bonds. The molecule has 1 aliphatic carbocycles. The Morgan fingerprint density at radius 3 is 2.42 bits per heavy atom. The fourth-order valence-electron chi connectivity index (χ4n) is 4.30. The predicted molar refractivity (Wildman–Crippen MR) is 120 cm³/mol. The van der Waals surface area contributed by atoms with E-state index in [0.717, 1.165) is 24.8 Å². The highest BCUT2D eigenvalue weighted by Gasteiger charge is 2.30. The fraction of sp³-hybridized carbons (Fsp3) is 0.231. The molecule has 158 valence electrons. The van der Waals surface area contributed by atoms with Crippen LogP contribution in [-0.2, 0) is 11.2 Å². The molecule has 31 heavy (non-hydrogen) atoms. The minimum absolute atomic E-state index is 0.124. The summed E-state index contributed by atoms with van der Waals surface area (Å²) >= 11 is 0. The van der Waals surface area contributed by atoms with Crippen molar-refractivity contribution in [3.63, 3.8) is 0 Å². The number of aryl methyl sites for hydroxylation is 1. The highest BCUT2D eigenvalue weighted by atomic mass is 16.5. The van der Waals surface area contributed by atoms with Gasteiger partial charge in [-0.1, -0.05) is 54.6 Å². The van der Waals surface area contributed by atoms with Crippen LogP contribution in [0.4, 0.5) is 0 Å². The van der Waals surface area contributed by atoms with Crippen LogP contribution in [0, 0.1) is 0 Å². The Morgan fingerprint density at radius 1 is 0.968 bits per heavy atom. The second-order valence-electron chi connectivity index (χ2n) is 7.84. The van der Waals surface area contributed by atoms with Gasteiger partial charge in [-0.05, 0) is 60.2 Å². The summed E-state index contributed by atoms with van der Waals surface area (Å²) in [5.74, 6) is 0.0317. The Balaban J connectivity index is 1.58. The van der Waals surface area contributed by atoms with Crippen molar-refractivity contribution in [1.29, 1.82) is 0 Å². The van der Waals surface area contributed by atoms with Crippen LogP contribution >= 0.6 is 0 Å². The lowest BCUT2D eigenvalue weighted by molar-refractivity contribution is -0.119.